The SMILES string of the molecule is C=CC(=O)OCC(COC(=O)C(C)(CC)C(C)C)OC(=O)C1CC=CCC1C(=O)O. The van der Waals surface area contributed by atoms with Crippen LogP contribution in [0.1, 0.15) is 47.0 Å². The highest BCUT2D eigenvalue weighted by Crippen LogP contribution is 2.32. The van der Waals surface area contributed by atoms with E-state index in [1.54, 1.807) is 19.1 Å². The Bertz CT molecular complexity index is 681. The van der Waals surface area contributed by atoms with Crippen molar-refractivity contribution in [1.29, 1.82) is 0 Å². The van der Waals surface area contributed by atoms with Gasteiger partial charge in [-0.15, -0.1) is 0 Å². The van der Waals surface area contributed by atoms with Gasteiger partial charge in [0.2, 0.25) is 0 Å². The Labute approximate surface area is 177 Å². The largest absolute Gasteiger partial charge is 0.481 e. The summed E-state index contributed by atoms with van der Waals surface area (Å²) in [6.07, 6.45) is 4.37. The summed E-state index contributed by atoms with van der Waals surface area (Å²) >= 11 is 0. The second-order valence-electron chi connectivity index (χ2n) is 7.91. The number of carboxylic acids is 1. The van der Waals surface area contributed by atoms with Crippen LogP contribution in [-0.2, 0) is 33.4 Å². The zero-order chi connectivity index (χ0) is 22.9. The molecule has 4 atom stereocenters. The van der Waals surface area contributed by atoms with E-state index in [4.69, 9.17) is 14.2 Å². The van der Waals surface area contributed by atoms with Crippen molar-refractivity contribution in [3.8, 4) is 0 Å². The van der Waals surface area contributed by atoms with Gasteiger partial charge in [-0.1, -0.05) is 39.5 Å². The first kappa shape index (κ1) is 25.4. The van der Waals surface area contributed by atoms with E-state index in [2.05, 4.69) is 6.58 Å². The van der Waals surface area contributed by atoms with E-state index < -0.39 is 47.2 Å². The van der Waals surface area contributed by atoms with Gasteiger partial charge in [-0.3, -0.25) is 14.4 Å². The third-order valence-corrected chi connectivity index (χ3v) is 5.79. The van der Waals surface area contributed by atoms with Crippen molar-refractivity contribution in [2.45, 2.75) is 53.1 Å². The van der Waals surface area contributed by atoms with Crippen LogP contribution in [0.5, 0.6) is 0 Å². The molecule has 0 heterocycles. The molecule has 1 rings (SSSR count). The predicted molar refractivity (Wildman–Crippen MR) is 108 cm³/mol. The van der Waals surface area contributed by atoms with Crippen molar-refractivity contribution in [3.05, 3.63) is 24.8 Å². The number of carboxylic acid groups (broad SMARTS) is 1. The minimum Gasteiger partial charge on any atom is -0.481 e. The number of rotatable bonds is 11. The molecule has 0 saturated carbocycles. The molecule has 0 aromatic heterocycles. The Morgan fingerprint density at radius 3 is 2.20 bits per heavy atom. The third-order valence-electron chi connectivity index (χ3n) is 5.79. The highest BCUT2D eigenvalue weighted by Gasteiger charge is 2.38. The molecule has 0 aliphatic heterocycles. The van der Waals surface area contributed by atoms with E-state index in [0.717, 1.165) is 6.08 Å². The molecule has 168 valence electrons. The summed E-state index contributed by atoms with van der Waals surface area (Å²) in [6, 6.07) is 0. The van der Waals surface area contributed by atoms with Gasteiger partial charge < -0.3 is 19.3 Å². The molecular weight excluding hydrogens is 392 g/mol. The van der Waals surface area contributed by atoms with Gasteiger partial charge in [0.1, 0.15) is 13.2 Å². The number of carbonyl (C=O) groups excluding carboxylic acids is 3. The van der Waals surface area contributed by atoms with Crippen LogP contribution in [0.15, 0.2) is 24.8 Å². The van der Waals surface area contributed by atoms with Gasteiger partial charge in [-0.2, -0.15) is 0 Å². The topological polar surface area (TPSA) is 116 Å². The van der Waals surface area contributed by atoms with Crippen LogP contribution in [0.3, 0.4) is 0 Å². The first-order chi connectivity index (χ1) is 14.1. The molecule has 0 radical (unpaired) electrons. The molecule has 30 heavy (non-hydrogen) atoms. The number of aliphatic carboxylic acids is 1. The van der Waals surface area contributed by atoms with Crippen molar-refractivity contribution >= 4 is 23.9 Å². The summed E-state index contributed by atoms with van der Waals surface area (Å²) in [7, 11) is 0. The van der Waals surface area contributed by atoms with Gasteiger partial charge in [-0.25, -0.2) is 4.79 Å². The normalized spacial score (nSPS) is 21.2. The Morgan fingerprint density at radius 2 is 1.70 bits per heavy atom. The summed E-state index contributed by atoms with van der Waals surface area (Å²) in [4.78, 5) is 48.1. The van der Waals surface area contributed by atoms with Gasteiger partial charge in [0.05, 0.1) is 17.3 Å². The van der Waals surface area contributed by atoms with Crippen molar-refractivity contribution in [3.63, 3.8) is 0 Å². The lowest BCUT2D eigenvalue weighted by molar-refractivity contribution is -0.175. The standard InChI is InChI=1S/C22H32O8/c1-6-18(23)28-12-15(13-29-21(27)22(5,7-2)14(3)4)30-20(26)17-11-9-8-10-16(17)19(24)25/h6,8-9,14-17H,1,7,10-13H2,2-5H3,(H,24,25). The van der Waals surface area contributed by atoms with E-state index >= 15 is 0 Å². The minimum absolute atomic E-state index is 0.0277. The fraction of sp³-hybridized carbons (Fsp3) is 0.636. The smallest absolute Gasteiger partial charge is 0.330 e. The first-order valence-electron chi connectivity index (χ1n) is 10.1. The van der Waals surface area contributed by atoms with Crippen molar-refractivity contribution in [1.82, 2.24) is 0 Å². The van der Waals surface area contributed by atoms with Crippen LogP contribution in [0.2, 0.25) is 0 Å². The molecule has 1 aliphatic carbocycles. The molecule has 0 aromatic rings. The van der Waals surface area contributed by atoms with Crippen LogP contribution in [0, 0.1) is 23.2 Å². The lowest BCUT2D eigenvalue weighted by atomic mass is 9.77. The molecule has 1 N–H and O–H groups in total. The summed E-state index contributed by atoms with van der Waals surface area (Å²) in [5.41, 5.74) is -0.713. The van der Waals surface area contributed by atoms with Gasteiger partial charge in [0.15, 0.2) is 6.10 Å². The third kappa shape index (κ3) is 6.71. The van der Waals surface area contributed by atoms with E-state index in [9.17, 15) is 24.3 Å². The van der Waals surface area contributed by atoms with Crippen molar-refractivity contribution < 1.29 is 38.5 Å². The van der Waals surface area contributed by atoms with Crippen LogP contribution in [-0.4, -0.2) is 48.3 Å². The van der Waals surface area contributed by atoms with Crippen LogP contribution >= 0.6 is 0 Å². The predicted octanol–water partition coefficient (Wildman–Crippen LogP) is 2.91. The first-order valence-corrected chi connectivity index (χ1v) is 10.1. The van der Waals surface area contributed by atoms with E-state index in [0.29, 0.717) is 6.42 Å². The summed E-state index contributed by atoms with van der Waals surface area (Å²) in [6.45, 7) is 10.2. The van der Waals surface area contributed by atoms with Gasteiger partial charge in [0, 0.05) is 6.08 Å². The summed E-state index contributed by atoms with van der Waals surface area (Å²) in [5.74, 6) is -4.71. The Morgan fingerprint density at radius 1 is 1.13 bits per heavy atom. The monoisotopic (exact) mass is 424 g/mol. The zero-order valence-corrected chi connectivity index (χ0v) is 18.1. The lowest BCUT2D eigenvalue weighted by Gasteiger charge is -2.31. The summed E-state index contributed by atoms with van der Waals surface area (Å²) in [5, 5.41) is 9.35. The molecule has 0 amide bonds. The second-order valence-corrected chi connectivity index (χ2v) is 7.91. The number of carbonyl (C=O) groups is 4. The number of hydrogen-bond donors (Lipinski definition) is 1. The second kappa shape index (κ2) is 11.5. The van der Waals surface area contributed by atoms with Crippen LogP contribution < -0.4 is 0 Å². The quantitative estimate of drug-likeness (QED) is 0.233. The molecule has 0 bridgehead atoms. The number of allylic oxidation sites excluding steroid dienone is 2. The highest BCUT2D eigenvalue weighted by molar-refractivity contribution is 5.82. The zero-order valence-electron chi connectivity index (χ0n) is 18.1. The maximum absolute atomic E-state index is 12.6. The molecule has 0 aromatic carbocycles. The number of ether oxygens (including phenoxy) is 3. The Hall–Kier alpha value is -2.64. The average molecular weight is 424 g/mol. The molecular formula is C22H32O8. The molecule has 0 fully saturated rings. The average Bonchev–Trinajstić information content (AvgIpc) is 2.73. The highest BCUT2D eigenvalue weighted by atomic mass is 16.6. The van der Waals surface area contributed by atoms with Crippen LogP contribution in [0.25, 0.3) is 0 Å². The fourth-order valence-corrected chi connectivity index (χ4v) is 3.07. The molecule has 4 unspecified atom stereocenters. The maximum Gasteiger partial charge on any atom is 0.330 e. The molecule has 0 spiro atoms. The molecule has 0 saturated heterocycles. The van der Waals surface area contributed by atoms with Gasteiger partial charge >= 0.3 is 23.9 Å². The van der Waals surface area contributed by atoms with Gasteiger partial charge in [0.25, 0.3) is 0 Å². The molecule has 8 heteroatoms. The summed E-state index contributed by atoms with van der Waals surface area (Å²) < 4.78 is 15.7. The van der Waals surface area contributed by atoms with Crippen molar-refractivity contribution in [2.75, 3.05) is 13.2 Å². The molecule has 8 nitrogen and oxygen atoms in total. The minimum atomic E-state index is -1.09. The fourth-order valence-electron chi connectivity index (χ4n) is 3.07. The van der Waals surface area contributed by atoms with E-state index in [1.807, 2.05) is 20.8 Å². The number of esters is 3. The van der Waals surface area contributed by atoms with Crippen LogP contribution in [0.4, 0.5) is 0 Å². The number of hydrogen-bond acceptors (Lipinski definition) is 7. The van der Waals surface area contributed by atoms with Crippen molar-refractivity contribution in [2.24, 2.45) is 23.2 Å². The van der Waals surface area contributed by atoms with E-state index in [1.165, 1.54) is 0 Å². The maximum atomic E-state index is 12.6. The lowest BCUT2D eigenvalue weighted by Crippen LogP contribution is -2.40. The Kier molecular flexibility index (Phi) is 9.75. The van der Waals surface area contributed by atoms with E-state index in [-0.39, 0.29) is 32.0 Å². The van der Waals surface area contributed by atoms with Gasteiger partial charge in [-0.05, 0) is 32.1 Å². The molecule has 1 aliphatic rings. The Balaban J connectivity index is 2.87.